The molecule has 0 unspecified atom stereocenters. The van der Waals surface area contributed by atoms with Gasteiger partial charge in [-0.2, -0.15) is 0 Å². The molecule has 0 bridgehead atoms. The molecule has 0 saturated carbocycles. The Hall–Kier alpha value is -3.07. The molecule has 0 aliphatic heterocycles. The number of nitrogens with one attached hydrogen (secondary N) is 1. The van der Waals surface area contributed by atoms with E-state index in [4.69, 9.17) is 4.42 Å². The summed E-state index contributed by atoms with van der Waals surface area (Å²) in [5.41, 5.74) is 0.980. The number of nitrogens with zero attached hydrogens (tertiary/aromatic N) is 4. The van der Waals surface area contributed by atoms with E-state index in [1.54, 1.807) is 30.3 Å². The van der Waals surface area contributed by atoms with E-state index in [-0.39, 0.29) is 16.9 Å². The fourth-order valence-electron chi connectivity index (χ4n) is 2.39. The van der Waals surface area contributed by atoms with E-state index < -0.39 is 0 Å². The number of rotatable bonds is 5. The van der Waals surface area contributed by atoms with Crippen LogP contribution in [0.3, 0.4) is 0 Å². The molecule has 1 atom stereocenters. The summed E-state index contributed by atoms with van der Waals surface area (Å²) in [6.07, 6.45) is 0. The van der Waals surface area contributed by atoms with Gasteiger partial charge in [0.05, 0.1) is 10.8 Å². The topological polar surface area (TPSA) is 80.5 Å². The monoisotopic (exact) mass is 385 g/mol. The number of aromatic nitrogens is 5. The van der Waals surface area contributed by atoms with Crippen molar-refractivity contribution in [2.45, 2.75) is 17.3 Å². The van der Waals surface area contributed by atoms with Crippen molar-refractivity contribution in [2.24, 2.45) is 0 Å². The first-order valence-corrected chi connectivity index (χ1v) is 8.91. The summed E-state index contributed by atoms with van der Waals surface area (Å²) in [5.74, 6) is 0.327. The van der Waals surface area contributed by atoms with E-state index in [9.17, 15) is 8.78 Å². The van der Waals surface area contributed by atoms with Gasteiger partial charge in [-0.15, -0.1) is 15.3 Å². The summed E-state index contributed by atoms with van der Waals surface area (Å²) in [7, 11) is 0. The molecule has 9 heteroatoms. The van der Waals surface area contributed by atoms with Crippen LogP contribution in [0.25, 0.3) is 22.8 Å². The Balaban J connectivity index is 1.49. The highest BCUT2D eigenvalue weighted by Crippen LogP contribution is 2.34. The van der Waals surface area contributed by atoms with Gasteiger partial charge >= 0.3 is 0 Å². The maximum atomic E-state index is 13.8. The van der Waals surface area contributed by atoms with Gasteiger partial charge in [-0.1, -0.05) is 23.9 Å². The molecule has 0 radical (unpaired) electrons. The zero-order valence-corrected chi connectivity index (χ0v) is 14.9. The van der Waals surface area contributed by atoms with Crippen LogP contribution in [0.5, 0.6) is 0 Å². The first kappa shape index (κ1) is 17.3. The Morgan fingerprint density at radius 3 is 2.59 bits per heavy atom. The van der Waals surface area contributed by atoms with Gasteiger partial charge in [-0.25, -0.2) is 13.8 Å². The second-order valence-corrected chi connectivity index (χ2v) is 6.97. The smallest absolute Gasteiger partial charge is 0.247 e. The molecule has 136 valence electrons. The standard InChI is InChI=1S/C18H13F2N5OS/c1-10(16-23-24-17(26-16)11-6-8-12(19)9-7-11)27-18-21-15(22-25-18)13-4-2-3-5-14(13)20/h2-10H,1H3,(H,21,22,25)/t10-/m1/s1. The van der Waals surface area contributed by atoms with Crippen molar-refractivity contribution in [1.29, 1.82) is 0 Å². The molecular weight excluding hydrogens is 372 g/mol. The zero-order chi connectivity index (χ0) is 18.8. The van der Waals surface area contributed by atoms with Crippen molar-refractivity contribution in [3.8, 4) is 22.8 Å². The third kappa shape index (κ3) is 3.72. The molecule has 0 amide bonds. The number of benzene rings is 2. The molecule has 0 spiro atoms. The Morgan fingerprint density at radius 2 is 1.81 bits per heavy atom. The number of H-pyrrole nitrogens is 1. The lowest BCUT2D eigenvalue weighted by atomic mass is 10.2. The number of aromatic amines is 1. The first-order chi connectivity index (χ1) is 13.1. The largest absolute Gasteiger partial charge is 0.419 e. The van der Waals surface area contributed by atoms with Crippen LogP contribution in [-0.2, 0) is 0 Å². The summed E-state index contributed by atoms with van der Waals surface area (Å²) >= 11 is 1.30. The molecular formula is C18H13F2N5OS. The molecule has 2 heterocycles. The highest BCUT2D eigenvalue weighted by molar-refractivity contribution is 7.99. The minimum absolute atomic E-state index is 0.226. The van der Waals surface area contributed by atoms with E-state index in [1.807, 2.05) is 6.92 Å². The van der Waals surface area contributed by atoms with Crippen LogP contribution in [0.1, 0.15) is 18.1 Å². The van der Waals surface area contributed by atoms with E-state index in [0.29, 0.717) is 33.9 Å². The SMILES string of the molecule is C[C@@H](Sc1n[nH]c(-c2ccccc2F)n1)c1nnc(-c2ccc(F)cc2)o1. The van der Waals surface area contributed by atoms with Crippen LogP contribution >= 0.6 is 11.8 Å². The molecule has 0 aliphatic carbocycles. The van der Waals surface area contributed by atoms with E-state index in [2.05, 4.69) is 25.4 Å². The molecule has 2 aromatic heterocycles. The average molecular weight is 385 g/mol. The van der Waals surface area contributed by atoms with Crippen LogP contribution in [0.2, 0.25) is 0 Å². The van der Waals surface area contributed by atoms with Crippen molar-refractivity contribution in [1.82, 2.24) is 25.4 Å². The summed E-state index contributed by atoms with van der Waals surface area (Å²) in [6.45, 7) is 1.87. The molecule has 4 rings (SSSR count). The highest BCUT2D eigenvalue weighted by atomic mass is 32.2. The summed E-state index contributed by atoms with van der Waals surface area (Å²) in [5, 5.41) is 15.1. The summed E-state index contributed by atoms with van der Waals surface area (Å²) < 4.78 is 32.5. The minimum Gasteiger partial charge on any atom is -0.419 e. The molecule has 4 aromatic rings. The van der Waals surface area contributed by atoms with Gasteiger partial charge in [0.15, 0.2) is 5.82 Å². The van der Waals surface area contributed by atoms with Crippen molar-refractivity contribution in [3.05, 3.63) is 66.1 Å². The number of hydrogen-bond donors (Lipinski definition) is 1. The van der Waals surface area contributed by atoms with E-state index in [1.165, 1.54) is 30.0 Å². The Kier molecular flexibility index (Phi) is 4.68. The van der Waals surface area contributed by atoms with Gasteiger partial charge in [-0.05, 0) is 43.3 Å². The molecule has 2 aromatic carbocycles. The third-order valence-electron chi connectivity index (χ3n) is 3.76. The van der Waals surface area contributed by atoms with Crippen molar-refractivity contribution < 1.29 is 13.2 Å². The summed E-state index contributed by atoms with van der Waals surface area (Å²) in [4.78, 5) is 4.31. The van der Waals surface area contributed by atoms with Crippen LogP contribution in [-0.4, -0.2) is 25.4 Å². The molecule has 27 heavy (non-hydrogen) atoms. The van der Waals surface area contributed by atoms with Crippen molar-refractivity contribution in [3.63, 3.8) is 0 Å². The zero-order valence-electron chi connectivity index (χ0n) is 14.1. The van der Waals surface area contributed by atoms with Crippen LogP contribution < -0.4 is 0 Å². The van der Waals surface area contributed by atoms with Gasteiger partial charge in [-0.3, -0.25) is 5.10 Å². The lowest BCUT2D eigenvalue weighted by Crippen LogP contribution is -1.90. The van der Waals surface area contributed by atoms with Gasteiger partial charge < -0.3 is 4.42 Å². The summed E-state index contributed by atoms with van der Waals surface area (Å²) in [6, 6.07) is 12.1. The normalized spacial score (nSPS) is 12.3. The Labute approximate surface area is 157 Å². The first-order valence-electron chi connectivity index (χ1n) is 8.03. The Morgan fingerprint density at radius 1 is 1.04 bits per heavy atom. The van der Waals surface area contributed by atoms with E-state index >= 15 is 0 Å². The quantitative estimate of drug-likeness (QED) is 0.504. The molecule has 0 aliphatic rings. The fourth-order valence-corrected chi connectivity index (χ4v) is 3.14. The lowest BCUT2D eigenvalue weighted by Gasteiger charge is -2.02. The van der Waals surface area contributed by atoms with Crippen LogP contribution in [0.15, 0.2) is 58.1 Å². The van der Waals surface area contributed by atoms with Gasteiger partial charge in [0.2, 0.25) is 16.9 Å². The van der Waals surface area contributed by atoms with Crippen molar-refractivity contribution in [2.75, 3.05) is 0 Å². The fraction of sp³-hybridized carbons (Fsp3) is 0.111. The molecule has 6 nitrogen and oxygen atoms in total. The second kappa shape index (κ2) is 7.28. The van der Waals surface area contributed by atoms with Gasteiger partial charge in [0, 0.05) is 5.56 Å². The van der Waals surface area contributed by atoms with Crippen LogP contribution in [0, 0.1) is 11.6 Å². The number of hydrogen-bond acceptors (Lipinski definition) is 6. The number of halogens is 2. The number of thioether (sulfide) groups is 1. The average Bonchev–Trinajstić information content (AvgIpc) is 3.33. The third-order valence-corrected chi connectivity index (χ3v) is 4.70. The highest BCUT2D eigenvalue weighted by Gasteiger charge is 2.19. The maximum absolute atomic E-state index is 13.8. The van der Waals surface area contributed by atoms with Gasteiger partial charge in [0.1, 0.15) is 11.6 Å². The second-order valence-electron chi connectivity index (χ2n) is 5.66. The molecule has 0 saturated heterocycles. The predicted molar refractivity (Wildman–Crippen MR) is 95.7 cm³/mol. The van der Waals surface area contributed by atoms with E-state index in [0.717, 1.165) is 0 Å². The molecule has 0 fully saturated rings. The van der Waals surface area contributed by atoms with Gasteiger partial charge in [0.25, 0.3) is 0 Å². The lowest BCUT2D eigenvalue weighted by molar-refractivity contribution is 0.509. The van der Waals surface area contributed by atoms with Crippen LogP contribution in [0.4, 0.5) is 8.78 Å². The van der Waals surface area contributed by atoms with Crippen molar-refractivity contribution >= 4 is 11.8 Å². The maximum Gasteiger partial charge on any atom is 0.247 e. The predicted octanol–water partition coefficient (Wildman–Crippen LogP) is 4.65. The minimum atomic E-state index is -0.376. The molecule has 1 N–H and O–H groups in total. The Bertz CT molecular complexity index is 1060.